The van der Waals surface area contributed by atoms with Gasteiger partial charge in [0.2, 0.25) is 0 Å². The molecule has 0 amide bonds. The highest BCUT2D eigenvalue weighted by Crippen LogP contribution is 2.35. The SMILES string of the molecule is CCN(c1ncc(Br)cc1Cl)C1CCCC1CN. The number of rotatable bonds is 4. The van der Waals surface area contributed by atoms with Gasteiger partial charge in [0.05, 0.1) is 5.02 Å². The van der Waals surface area contributed by atoms with Crippen LogP contribution in [0, 0.1) is 5.92 Å². The van der Waals surface area contributed by atoms with Crippen molar-refractivity contribution >= 4 is 33.3 Å². The Morgan fingerprint density at radius 3 is 2.94 bits per heavy atom. The van der Waals surface area contributed by atoms with Gasteiger partial charge in [0.1, 0.15) is 5.82 Å². The third-order valence-corrected chi connectivity index (χ3v) is 4.43. The average Bonchev–Trinajstić information content (AvgIpc) is 2.81. The van der Waals surface area contributed by atoms with Crippen molar-refractivity contribution in [3.8, 4) is 0 Å². The summed E-state index contributed by atoms with van der Waals surface area (Å²) >= 11 is 9.70. The van der Waals surface area contributed by atoms with E-state index in [0.717, 1.165) is 23.4 Å². The minimum absolute atomic E-state index is 0.478. The number of halogens is 2. The van der Waals surface area contributed by atoms with Crippen molar-refractivity contribution in [1.82, 2.24) is 4.98 Å². The van der Waals surface area contributed by atoms with Crippen LogP contribution in [0.15, 0.2) is 16.7 Å². The van der Waals surface area contributed by atoms with Crippen LogP contribution in [0.3, 0.4) is 0 Å². The summed E-state index contributed by atoms with van der Waals surface area (Å²) in [4.78, 5) is 6.77. The third-order valence-electron chi connectivity index (χ3n) is 3.72. The van der Waals surface area contributed by atoms with E-state index in [1.165, 1.54) is 19.3 Å². The molecule has 2 rings (SSSR count). The van der Waals surface area contributed by atoms with Gasteiger partial charge in [-0.15, -0.1) is 0 Å². The normalized spacial score (nSPS) is 23.3. The fourth-order valence-electron chi connectivity index (χ4n) is 2.86. The fourth-order valence-corrected chi connectivity index (χ4v) is 3.60. The smallest absolute Gasteiger partial charge is 0.147 e. The number of anilines is 1. The number of nitrogens with two attached hydrogens (primary N) is 1. The van der Waals surface area contributed by atoms with Gasteiger partial charge in [-0.05, 0) is 54.2 Å². The van der Waals surface area contributed by atoms with Crippen LogP contribution < -0.4 is 10.6 Å². The second-order valence-corrected chi connectivity index (χ2v) is 6.06. The molecule has 1 aromatic heterocycles. The predicted octanol–water partition coefficient (Wildman–Crippen LogP) is 3.45. The fraction of sp³-hybridized carbons (Fsp3) is 0.615. The van der Waals surface area contributed by atoms with Crippen LogP contribution in [-0.4, -0.2) is 24.1 Å². The summed E-state index contributed by atoms with van der Waals surface area (Å²) in [5.41, 5.74) is 5.87. The van der Waals surface area contributed by atoms with E-state index in [9.17, 15) is 0 Å². The van der Waals surface area contributed by atoms with Crippen LogP contribution in [-0.2, 0) is 0 Å². The molecule has 1 fully saturated rings. The monoisotopic (exact) mass is 331 g/mol. The second kappa shape index (κ2) is 6.22. The number of hydrogen-bond donors (Lipinski definition) is 1. The van der Waals surface area contributed by atoms with E-state index in [1.54, 1.807) is 6.20 Å². The van der Waals surface area contributed by atoms with Crippen LogP contribution in [0.2, 0.25) is 5.02 Å². The zero-order valence-electron chi connectivity index (χ0n) is 10.6. The highest BCUT2D eigenvalue weighted by atomic mass is 79.9. The highest BCUT2D eigenvalue weighted by molar-refractivity contribution is 9.10. The zero-order chi connectivity index (χ0) is 13.1. The molecule has 5 heteroatoms. The molecule has 0 bridgehead atoms. The van der Waals surface area contributed by atoms with Crippen LogP contribution >= 0.6 is 27.5 Å². The van der Waals surface area contributed by atoms with Crippen molar-refractivity contribution in [2.75, 3.05) is 18.0 Å². The Labute approximate surface area is 122 Å². The molecule has 0 aromatic carbocycles. The highest BCUT2D eigenvalue weighted by Gasteiger charge is 2.32. The van der Waals surface area contributed by atoms with E-state index in [1.807, 2.05) is 6.07 Å². The van der Waals surface area contributed by atoms with Gasteiger partial charge < -0.3 is 10.6 Å². The molecular weight excluding hydrogens is 314 g/mol. The molecule has 0 aliphatic heterocycles. The van der Waals surface area contributed by atoms with Crippen molar-refractivity contribution in [2.24, 2.45) is 11.7 Å². The van der Waals surface area contributed by atoms with Crippen molar-refractivity contribution in [3.05, 3.63) is 21.8 Å². The van der Waals surface area contributed by atoms with Gasteiger partial charge in [0.25, 0.3) is 0 Å². The van der Waals surface area contributed by atoms with E-state index in [0.29, 0.717) is 17.0 Å². The van der Waals surface area contributed by atoms with Gasteiger partial charge in [-0.2, -0.15) is 0 Å². The standard InChI is InChI=1S/C13H19BrClN3/c1-2-18(12-5-3-4-9(12)7-16)13-11(15)6-10(14)8-17-13/h6,8-9,12H,2-5,7,16H2,1H3. The van der Waals surface area contributed by atoms with Gasteiger partial charge >= 0.3 is 0 Å². The lowest BCUT2D eigenvalue weighted by atomic mass is 10.0. The maximum absolute atomic E-state index is 6.31. The summed E-state index contributed by atoms with van der Waals surface area (Å²) in [6.07, 6.45) is 5.45. The summed E-state index contributed by atoms with van der Waals surface area (Å²) in [5.74, 6) is 1.44. The Kier molecular flexibility index (Phi) is 4.87. The average molecular weight is 333 g/mol. The van der Waals surface area contributed by atoms with Crippen LogP contribution in [0.5, 0.6) is 0 Å². The van der Waals surface area contributed by atoms with E-state index in [-0.39, 0.29) is 0 Å². The molecule has 1 saturated carbocycles. The first-order valence-corrected chi connectivity index (χ1v) is 7.62. The Balaban J connectivity index is 2.27. The molecule has 1 heterocycles. The molecule has 1 aliphatic rings. The molecular formula is C13H19BrClN3. The number of aromatic nitrogens is 1. The van der Waals surface area contributed by atoms with Crippen molar-refractivity contribution < 1.29 is 0 Å². The van der Waals surface area contributed by atoms with Gasteiger partial charge in [-0.1, -0.05) is 18.0 Å². The van der Waals surface area contributed by atoms with Gasteiger partial charge in [-0.25, -0.2) is 4.98 Å². The molecule has 100 valence electrons. The Hall–Kier alpha value is -0.320. The first-order chi connectivity index (χ1) is 8.67. The van der Waals surface area contributed by atoms with Crippen LogP contribution in [0.25, 0.3) is 0 Å². The van der Waals surface area contributed by atoms with E-state index < -0.39 is 0 Å². The second-order valence-electron chi connectivity index (χ2n) is 4.74. The van der Waals surface area contributed by atoms with E-state index >= 15 is 0 Å². The Morgan fingerprint density at radius 2 is 2.33 bits per heavy atom. The first-order valence-electron chi connectivity index (χ1n) is 6.45. The molecule has 0 radical (unpaired) electrons. The summed E-state index contributed by atoms with van der Waals surface area (Å²) in [6.45, 7) is 3.80. The summed E-state index contributed by atoms with van der Waals surface area (Å²) in [5, 5.41) is 0.703. The third kappa shape index (κ3) is 2.81. The van der Waals surface area contributed by atoms with Crippen molar-refractivity contribution in [2.45, 2.75) is 32.2 Å². The maximum Gasteiger partial charge on any atom is 0.147 e. The van der Waals surface area contributed by atoms with E-state index in [2.05, 4.69) is 32.7 Å². The molecule has 0 spiro atoms. The zero-order valence-corrected chi connectivity index (χ0v) is 12.9. The molecule has 2 atom stereocenters. The van der Waals surface area contributed by atoms with Gasteiger partial charge in [0.15, 0.2) is 0 Å². The summed E-state index contributed by atoms with van der Waals surface area (Å²) in [7, 11) is 0. The molecule has 2 N–H and O–H groups in total. The number of nitrogens with zero attached hydrogens (tertiary/aromatic N) is 2. The number of hydrogen-bond acceptors (Lipinski definition) is 3. The Bertz CT molecular complexity index is 413. The lowest BCUT2D eigenvalue weighted by Crippen LogP contribution is -2.41. The van der Waals surface area contributed by atoms with Crippen LogP contribution in [0.1, 0.15) is 26.2 Å². The molecule has 3 nitrogen and oxygen atoms in total. The summed E-state index contributed by atoms with van der Waals surface area (Å²) < 4.78 is 0.911. The minimum Gasteiger partial charge on any atom is -0.352 e. The predicted molar refractivity (Wildman–Crippen MR) is 80.2 cm³/mol. The lowest BCUT2D eigenvalue weighted by Gasteiger charge is -2.33. The Morgan fingerprint density at radius 1 is 1.56 bits per heavy atom. The van der Waals surface area contributed by atoms with Crippen LogP contribution in [0.4, 0.5) is 5.82 Å². The first kappa shape index (κ1) is 14.1. The lowest BCUT2D eigenvalue weighted by molar-refractivity contribution is 0.459. The van der Waals surface area contributed by atoms with Gasteiger partial charge in [0, 0.05) is 23.3 Å². The minimum atomic E-state index is 0.478. The van der Waals surface area contributed by atoms with Crippen molar-refractivity contribution in [1.29, 1.82) is 0 Å². The maximum atomic E-state index is 6.31. The summed E-state index contributed by atoms with van der Waals surface area (Å²) in [6, 6.07) is 2.38. The molecule has 1 aliphatic carbocycles. The van der Waals surface area contributed by atoms with Gasteiger partial charge in [-0.3, -0.25) is 0 Å². The number of pyridine rings is 1. The van der Waals surface area contributed by atoms with Crippen molar-refractivity contribution in [3.63, 3.8) is 0 Å². The molecule has 1 aromatic rings. The molecule has 2 unspecified atom stereocenters. The quantitative estimate of drug-likeness (QED) is 0.918. The topological polar surface area (TPSA) is 42.2 Å². The molecule has 0 saturated heterocycles. The largest absolute Gasteiger partial charge is 0.352 e. The van der Waals surface area contributed by atoms with E-state index in [4.69, 9.17) is 17.3 Å². The molecule has 18 heavy (non-hydrogen) atoms.